The monoisotopic (exact) mass is 360 g/mol. The largest absolute Gasteiger partial charge is 0.381 e. The molecule has 1 saturated heterocycles. The van der Waals surface area contributed by atoms with Gasteiger partial charge in [-0.05, 0) is 34.8 Å². The number of urea groups is 1. The molecule has 0 aromatic carbocycles. The number of halogens is 2. The Morgan fingerprint density at radius 3 is 2.70 bits per heavy atom. The first-order chi connectivity index (χ1) is 9.47. The van der Waals surface area contributed by atoms with Crippen molar-refractivity contribution in [3.05, 3.63) is 21.9 Å². The van der Waals surface area contributed by atoms with E-state index in [0.29, 0.717) is 11.2 Å². The van der Waals surface area contributed by atoms with Gasteiger partial charge in [0.25, 0.3) is 0 Å². The number of hydrogen-bond acceptors (Lipinski definition) is 3. The Labute approximate surface area is 132 Å². The van der Waals surface area contributed by atoms with Crippen LogP contribution in [-0.2, 0) is 0 Å². The van der Waals surface area contributed by atoms with Crippen LogP contribution in [0.1, 0.15) is 12.8 Å². The van der Waals surface area contributed by atoms with Crippen LogP contribution >= 0.6 is 27.5 Å². The molecule has 5 nitrogen and oxygen atoms in total. The van der Waals surface area contributed by atoms with Crippen LogP contribution in [-0.4, -0.2) is 54.0 Å². The van der Waals surface area contributed by atoms with Gasteiger partial charge in [0.15, 0.2) is 0 Å². The van der Waals surface area contributed by atoms with Gasteiger partial charge < -0.3 is 15.1 Å². The van der Waals surface area contributed by atoms with Gasteiger partial charge in [0.2, 0.25) is 0 Å². The maximum absolute atomic E-state index is 11.8. The first-order valence-corrected chi connectivity index (χ1v) is 7.68. The van der Waals surface area contributed by atoms with E-state index in [1.54, 1.807) is 25.2 Å². The number of carbonyl (C=O) groups is 1. The second-order valence-electron chi connectivity index (χ2n) is 5.08. The molecule has 0 unspecified atom stereocenters. The van der Waals surface area contributed by atoms with Crippen molar-refractivity contribution in [1.82, 2.24) is 14.8 Å². The van der Waals surface area contributed by atoms with Gasteiger partial charge in [-0.3, -0.25) is 0 Å². The number of anilines is 1. The van der Waals surface area contributed by atoms with E-state index in [1.165, 1.54) is 0 Å². The van der Waals surface area contributed by atoms with Gasteiger partial charge >= 0.3 is 6.03 Å². The molecule has 0 atom stereocenters. The van der Waals surface area contributed by atoms with Crippen molar-refractivity contribution >= 4 is 39.2 Å². The van der Waals surface area contributed by atoms with Crippen molar-refractivity contribution in [2.45, 2.75) is 18.9 Å². The topological polar surface area (TPSA) is 48.5 Å². The van der Waals surface area contributed by atoms with Gasteiger partial charge in [0.1, 0.15) is 5.15 Å². The summed E-state index contributed by atoms with van der Waals surface area (Å²) in [6.45, 7) is 1.55. The van der Waals surface area contributed by atoms with Crippen molar-refractivity contribution in [3.63, 3.8) is 0 Å². The fourth-order valence-corrected chi connectivity index (χ4v) is 2.69. The first kappa shape index (κ1) is 15.4. The maximum Gasteiger partial charge on any atom is 0.319 e. The summed E-state index contributed by atoms with van der Waals surface area (Å²) in [5.74, 6) is 0. The molecule has 1 N–H and O–H groups in total. The molecule has 1 aromatic rings. The molecule has 0 bridgehead atoms. The molecule has 2 heterocycles. The van der Waals surface area contributed by atoms with E-state index in [-0.39, 0.29) is 6.03 Å². The van der Waals surface area contributed by atoms with E-state index in [0.717, 1.165) is 36.1 Å². The number of nitrogens with one attached hydrogen (secondary N) is 1. The lowest BCUT2D eigenvalue weighted by Gasteiger charge is -2.34. The van der Waals surface area contributed by atoms with E-state index in [2.05, 4.69) is 26.2 Å². The van der Waals surface area contributed by atoms with Crippen LogP contribution in [0.4, 0.5) is 10.5 Å². The normalized spacial score (nSPS) is 16.1. The number of pyridine rings is 1. The summed E-state index contributed by atoms with van der Waals surface area (Å²) in [7, 11) is 3.56. The number of amides is 2. The average molecular weight is 362 g/mol. The Hall–Kier alpha value is -1.01. The van der Waals surface area contributed by atoms with Crippen LogP contribution in [0.2, 0.25) is 5.15 Å². The quantitative estimate of drug-likeness (QED) is 0.824. The first-order valence-electron chi connectivity index (χ1n) is 6.51. The minimum Gasteiger partial charge on any atom is -0.381 e. The molecule has 7 heteroatoms. The van der Waals surface area contributed by atoms with Gasteiger partial charge in [0.05, 0.1) is 16.4 Å². The molecule has 2 rings (SSSR count). The Morgan fingerprint density at radius 1 is 1.50 bits per heavy atom. The summed E-state index contributed by atoms with van der Waals surface area (Å²) >= 11 is 9.23. The van der Waals surface area contributed by atoms with Gasteiger partial charge in [-0.15, -0.1) is 0 Å². The number of carbonyl (C=O) groups excluding carboxylic acids is 1. The summed E-state index contributed by atoms with van der Waals surface area (Å²) < 4.78 is 0.782. The lowest BCUT2D eigenvalue weighted by molar-refractivity contribution is 0.158. The van der Waals surface area contributed by atoms with Crippen molar-refractivity contribution in [2.24, 2.45) is 0 Å². The Morgan fingerprint density at radius 2 is 2.15 bits per heavy atom. The van der Waals surface area contributed by atoms with E-state index in [1.807, 2.05) is 11.0 Å². The zero-order valence-corrected chi connectivity index (χ0v) is 13.9. The highest BCUT2D eigenvalue weighted by molar-refractivity contribution is 9.10. The lowest BCUT2D eigenvalue weighted by Crippen LogP contribution is -2.46. The van der Waals surface area contributed by atoms with Crippen molar-refractivity contribution < 1.29 is 4.79 Å². The second kappa shape index (κ2) is 6.63. The summed E-state index contributed by atoms with van der Waals surface area (Å²) in [5, 5.41) is 3.90. The van der Waals surface area contributed by atoms with Gasteiger partial charge in [-0.2, -0.15) is 0 Å². The van der Waals surface area contributed by atoms with Crippen LogP contribution < -0.4 is 5.32 Å². The number of nitrogens with zero attached hydrogens (tertiary/aromatic N) is 3. The molecule has 1 aliphatic rings. The average Bonchev–Trinajstić information content (AvgIpc) is 2.43. The lowest BCUT2D eigenvalue weighted by atomic mass is 10.1. The van der Waals surface area contributed by atoms with Gasteiger partial charge in [0, 0.05) is 33.2 Å². The van der Waals surface area contributed by atoms with Crippen LogP contribution in [0.5, 0.6) is 0 Å². The van der Waals surface area contributed by atoms with Gasteiger partial charge in [-0.25, -0.2) is 9.78 Å². The fraction of sp³-hybridized carbons (Fsp3) is 0.538. The predicted molar refractivity (Wildman–Crippen MR) is 84.2 cm³/mol. The zero-order valence-electron chi connectivity index (χ0n) is 11.6. The van der Waals surface area contributed by atoms with Crippen molar-refractivity contribution in [3.8, 4) is 0 Å². The molecule has 1 fully saturated rings. The summed E-state index contributed by atoms with van der Waals surface area (Å²) in [6, 6.07) is 2.36. The van der Waals surface area contributed by atoms with Crippen LogP contribution in [0, 0.1) is 0 Å². The van der Waals surface area contributed by atoms with Crippen molar-refractivity contribution in [2.75, 3.05) is 32.5 Å². The highest BCUT2D eigenvalue weighted by Gasteiger charge is 2.23. The Bertz CT molecular complexity index is 489. The van der Waals surface area contributed by atoms with E-state index in [9.17, 15) is 4.79 Å². The molecule has 0 radical (unpaired) electrons. The van der Waals surface area contributed by atoms with E-state index < -0.39 is 0 Å². The molecule has 0 aliphatic carbocycles. The molecular formula is C13H18BrClN4O. The third kappa shape index (κ3) is 3.76. The number of rotatable bonds is 2. The van der Waals surface area contributed by atoms with Gasteiger partial charge in [-0.1, -0.05) is 11.6 Å². The molecule has 0 spiro atoms. The SMILES string of the molecule is CN(C)C(=O)N1CCC(Nc2cnc(Cl)c(Br)c2)CC1. The highest BCUT2D eigenvalue weighted by Crippen LogP contribution is 2.24. The third-order valence-corrected chi connectivity index (χ3v) is 4.45. The minimum absolute atomic E-state index is 0.0827. The number of likely N-dealkylation sites (tertiary alicyclic amines) is 1. The second-order valence-corrected chi connectivity index (χ2v) is 6.29. The van der Waals surface area contributed by atoms with E-state index >= 15 is 0 Å². The predicted octanol–water partition coefficient (Wildman–Crippen LogP) is 3.06. The summed E-state index contributed by atoms with van der Waals surface area (Å²) in [4.78, 5) is 19.4. The maximum atomic E-state index is 11.8. The fourth-order valence-electron chi connectivity index (χ4n) is 2.23. The van der Waals surface area contributed by atoms with Crippen molar-refractivity contribution in [1.29, 1.82) is 0 Å². The van der Waals surface area contributed by atoms with E-state index in [4.69, 9.17) is 11.6 Å². The molecule has 2 amide bonds. The number of piperidine rings is 1. The Kier molecular flexibility index (Phi) is 5.10. The molecule has 110 valence electrons. The smallest absolute Gasteiger partial charge is 0.319 e. The zero-order chi connectivity index (χ0) is 14.7. The number of aromatic nitrogens is 1. The summed E-state index contributed by atoms with van der Waals surface area (Å²) in [6.07, 6.45) is 3.59. The number of hydrogen-bond donors (Lipinski definition) is 1. The molecular weight excluding hydrogens is 344 g/mol. The van der Waals surface area contributed by atoms with Crippen LogP contribution in [0.3, 0.4) is 0 Å². The molecule has 0 saturated carbocycles. The Balaban J connectivity index is 1.88. The molecule has 20 heavy (non-hydrogen) atoms. The molecule has 1 aliphatic heterocycles. The standard InChI is InChI=1S/C13H18BrClN4O/c1-18(2)13(20)19-5-3-9(4-6-19)17-10-7-11(14)12(15)16-8-10/h7-9,17H,3-6H2,1-2H3. The highest BCUT2D eigenvalue weighted by atomic mass is 79.9. The summed E-state index contributed by atoms with van der Waals surface area (Å²) in [5.41, 5.74) is 0.943. The van der Waals surface area contributed by atoms with Crippen LogP contribution in [0.25, 0.3) is 0 Å². The minimum atomic E-state index is 0.0827. The third-order valence-electron chi connectivity index (χ3n) is 3.32. The molecule has 1 aromatic heterocycles. The van der Waals surface area contributed by atoms with Crippen LogP contribution in [0.15, 0.2) is 16.7 Å².